The maximum Gasteiger partial charge on any atom is 0.224 e. The van der Waals surface area contributed by atoms with E-state index in [4.69, 9.17) is 5.73 Å². The molecule has 5 heteroatoms. The molecule has 1 aromatic carbocycles. The van der Waals surface area contributed by atoms with E-state index in [1.165, 1.54) is 12.1 Å². The molecule has 0 aliphatic carbocycles. The first-order valence-electron chi connectivity index (χ1n) is 5.18. The van der Waals surface area contributed by atoms with Crippen molar-refractivity contribution in [2.24, 2.45) is 5.73 Å². The molecule has 1 rings (SSSR count). The van der Waals surface area contributed by atoms with E-state index in [0.29, 0.717) is 6.54 Å². The Kier molecular flexibility index (Phi) is 6.13. The maximum atomic E-state index is 12.6. The number of carbonyl (C=O) groups excluding carboxylic acids is 1. The lowest BCUT2D eigenvalue weighted by atomic mass is 10.1. The number of amides is 1. The van der Waals surface area contributed by atoms with Gasteiger partial charge in [-0.1, -0.05) is 12.1 Å². The zero-order valence-corrected chi connectivity index (χ0v) is 10.8. The van der Waals surface area contributed by atoms with Gasteiger partial charge >= 0.3 is 0 Å². The molecular formula is C12H18ClFN2O. The lowest BCUT2D eigenvalue weighted by Gasteiger charge is -2.24. The zero-order chi connectivity index (χ0) is 12.2. The van der Waals surface area contributed by atoms with Crippen molar-refractivity contribution in [3.63, 3.8) is 0 Å². The van der Waals surface area contributed by atoms with Gasteiger partial charge in [0, 0.05) is 12.1 Å². The average molecular weight is 261 g/mol. The van der Waals surface area contributed by atoms with Gasteiger partial charge in [-0.2, -0.15) is 0 Å². The molecule has 3 nitrogen and oxygen atoms in total. The highest BCUT2D eigenvalue weighted by Crippen LogP contribution is 2.05. The molecule has 0 aliphatic heterocycles. The van der Waals surface area contributed by atoms with Crippen LogP contribution >= 0.6 is 12.4 Å². The quantitative estimate of drug-likeness (QED) is 0.865. The van der Waals surface area contributed by atoms with Gasteiger partial charge in [-0.25, -0.2) is 4.39 Å². The van der Waals surface area contributed by atoms with Crippen molar-refractivity contribution in [2.75, 3.05) is 6.54 Å². The summed E-state index contributed by atoms with van der Waals surface area (Å²) in [5, 5.41) is 2.81. The fraction of sp³-hybridized carbons (Fsp3) is 0.417. The predicted molar refractivity (Wildman–Crippen MR) is 68.6 cm³/mol. The summed E-state index contributed by atoms with van der Waals surface area (Å²) in [6.45, 7) is 4.09. The third-order valence-corrected chi connectivity index (χ3v) is 2.27. The largest absolute Gasteiger partial charge is 0.350 e. The highest BCUT2D eigenvalue weighted by Gasteiger charge is 2.17. The molecule has 0 aliphatic rings. The molecule has 0 saturated heterocycles. The summed E-state index contributed by atoms with van der Waals surface area (Å²) < 4.78 is 12.6. The molecule has 0 spiro atoms. The Morgan fingerprint density at radius 2 is 1.88 bits per heavy atom. The molecule has 0 fully saturated rings. The number of halogens is 2. The fourth-order valence-corrected chi connectivity index (χ4v) is 1.26. The van der Waals surface area contributed by atoms with Crippen LogP contribution in [0.5, 0.6) is 0 Å². The van der Waals surface area contributed by atoms with E-state index in [1.807, 2.05) is 13.8 Å². The number of carbonyl (C=O) groups is 1. The van der Waals surface area contributed by atoms with Crippen LogP contribution in [0.2, 0.25) is 0 Å². The predicted octanol–water partition coefficient (Wildman–Crippen LogP) is 1.64. The van der Waals surface area contributed by atoms with Crippen LogP contribution < -0.4 is 11.1 Å². The van der Waals surface area contributed by atoms with Gasteiger partial charge in [0.15, 0.2) is 0 Å². The maximum absolute atomic E-state index is 12.6. The third kappa shape index (κ3) is 5.65. The highest BCUT2D eigenvalue weighted by molar-refractivity contribution is 5.85. The molecule has 1 amide bonds. The Morgan fingerprint density at radius 3 is 2.35 bits per heavy atom. The Bertz CT molecular complexity index is 365. The van der Waals surface area contributed by atoms with Crippen molar-refractivity contribution in [1.82, 2.24) is 5.32 Å². The van der Waals surface area contributed by atoms with Gasteiger partial charge in [0.2, 0.25) is 5.91 Å². The summed E-state index contributed by atoms with van der Waals surface area (Å²) in [4.78, 5) is 11.6. The summed E-state index contributed by atoms with van der Waals surface area (Å²) >= 11 is 0. The monoisotopic (exact) mass is 260 g/mol. The summed E-state index contributed by atoms with van der Waals surface area (Å²) in [7, 11) is 0. The zero-order valence-electron chi connectivity index (χ0n) is 10.00. The minimum atomic E-state index is -0.406. The van der Waals surface area contributed by atoms with E-state index < -0.39 is 5.54 Å². The molecule has 0 radical (unpaired) electrons. The first kappa shape index (κ1) is 15.9. The molecule has 3 N–H and O–H groups in total. The molecule has 0 aromatic heterocycles. The van der Waals surface area contributed by atoms with Gasteiger partial charge in [0.25, 0.3) is 0 Å². The van der Waals surface area contributed by atoms with Crippen LogP contribution in [0.4, 0.5) is 4.39 Å². The van der Waals surface area contributed by atoms with E-state index in [2.05, 4.69) is 5.32 Å². The normalized spacial score (nSPS) is 10.6. The van der Waals surface area contributed by atoms with Crippen LogP contribution in [0.25, 0.3) is 0 Å². The summed E-state index contributed by atoms with van der Waals surface area (Å²) in [5.41, 5.74) is 5.88. The van der Waals surface area contributed by atoms with Gasteiger partial charge in [0.05, 0.1) is 6.42 Å². The third-order valence-electron chi connectivity index (χ3n) is 2.27. The van der Waals surface area contributed by atoms with Crippen molar-refractivity contribution in [3.8, 4) is 0 Å². The lowest BCUT2D eigenvalue weighted by Crippen LogP contribution is -2.49. The van der Waals surface area contributed by atoms with Crippen molar-refractivity contribution in [3.05, 3.63) is 35.6 Å². The summed E-state index contributed by atoms with van der Waals surface area (Å²) in [5.74, 6) is -0.409. The molecule has 96 valence electrons. The second-order valence-electron chi connectivity index (χ2n) is 4.44. The van der Waals surface area contributed by atoms with Gasteiger partial charge in [-0.05, 0) is 31.5 Å². The molecule has 0 heterocycles. The van der Waals surface area contributed by atoms with E-state index in [0.717, 1.165) is 5.56 Å². The SMILES string of the molecule is CC(C)(CN)NC(=O)Cc1ccc(F)cc1.Cl. The number of benzene rings is 1. The second-order valence-corrected chi connectivity index (χ2v) is 4.44. The van der Waals surface area contributed by atoms with Gasteiger partial charge < -0.3 is 11.1 Å². The van der Waals surface area contributed by atoms with Crippen LogP contribution in [0.15, 0.2) is 24.3 Å². The van der Waals surface area contributed by atoms with E-state index in [9.17, 15) is 9.18 Å². The highest BCUT2D eigenvalue weighted by atomic mass is 35.5. The number of rotatable bonds is 4. The van der Waals surface area contributed by atoms with Gasteiger partial charge in [-0.15, -0.1) is 12.4 Å². The van der Waals surface area contributed by atoms with Crippen LogP contribution in [-0.2, 0) is 11.2 Å². The molecule has 0 saturated carbocycles. The Balaban J connectivity index is 0.00000256. The molecule has 0 atom stereocenters. The standard InChI is InChI=1S/C12H17FN2O.ClH/c1-12(2,8-14)15-11(16)7-9-3-5-10(13)6-4-9;/h3-6H,7-8,14H2,1-2H3,(H,15,16);1H. The van der Waals surface area contributed by atoms with Crippen molar-refractivity contribution < 1.29 is 9.18 Å². The van der Waals surface area contributed by atoms with Crippen LogP contribution in [0, 0.1) is 5.82 Å². The fourth-order valence-electron chi connectivity index (χ4n) is 1.26. The molecule has 0 bridgehead atoms. The van der Waals surface area contributed by atoms with Crippen LogP contribution in [0.3, 0.4) is 0 Å². The number of nitrogens with two attached hydrogens (primary N) is 1. The second kappa shape index (κ2) is 6.57. The summed E-state index contributed by atoms with van der Waals surface area (Å²) in [6.07, 6.45) is 0.240. The first-order chi connectivity index (χ1) is 7.43. The smallest absolute Gasteiger partial charge is 0.224 e. The van der Waals surface area contributed by atoms with Gasteiger partial charge in [0.1, 0.15) is 5.82 Å². The number of nitrogens with one attached hydrogen (secondary N) is 1. The van der Waals surface area contributed by atoms with Crippen molar-refractivity contribution in [1.29, 1.82) is 0 Å². The topological polar surface area (TPSA) is 55.1 Å². The minimum absolute atomic E-state index is 0. The number of hydrogen-bond acceptors (Lipinski definition) is 2. The molecule has 1 aromatic rings. The van der Waals surface area contributed by atoms with Crippen LogP contribution in [-0.4, -0.2) is 18.0 Å². The van der Waals surface area contributed by atoms with Crippen molar-refractivity contribution >= 4 is 18.3 Å². The van der Waals surface area contributed by atoms with E-state index >= 15 is 0 Å². The van der Waals surface area contributed by atoms with E-state index in [1.54, 1.807) is 12.1 Å². The average Bonchev–Trinajstić information content (AvgIpc) is 2.21. The molecule has 0 unspecified atom stereocenters. The van der Waals surface area contributed by atoms with Crippen LogP contribution in [0.1, 0.15) is 19.4 Å². The first-order valence-corrected chi connectivity index (χ1v) is 5.18. The number of hydrogen-bond donors (Lipinski definition) is 2. The Morgan fingerprint density at radius 1 is 1.35 bits per heavy atom. The molecule has 17 heavy (non-hydrogen) atoms. The lowest BCUT2D eigenvalue weighted by molar-refractivity contribution is -0.121. The minimum Gasteiger partial charge on any atom is -0.350 e. The Labute approximate surface area is 107 Å². The molecular weight excluding hydrogens is 243 g/mol. The Hall–Kier alpha value is -1.13. The van der Waals surface area contributed by atoms with Gasteiger partial charge in [-0.3, -0.25) is 4.79 Å². The summed E-state index contributed by atoms with van der Waals surface area (Å²) in [6, 6.07) is 5.89. The van der Waals surface area contributed by atoms with E-state index in [-0.39, 0.29) is 30.6 Å². The van der Waals surface area contributed by atoms with Crippen molar-refractivity contribution in [2.45, 2.75) is 25.8 Å².